The van der Waals surface area contributed by atoms with Crippen LogP contribution in [0.2, 0.25) is 0 Å². The third-order valence-electron chi connectivity index (χ3n) is 4.29. The SMILES string of the molecule is Cn1c(SCC(=O)N/N=C\c2cccc3ccccc23)nc2ccccc21. The van der Waals surface area contributed by atoms with Crippen LogP contribution in [0.5, 0.6) is 0 Å². The summed E-state index contributed by atoms with van der Waals surface area (Å²) in [4.78, 5) is 16.7. The Morgan fingerprint density at radius 3 is 2.78 bits per heavy atom. The van der Waals surface area contributed by atoms with E-state index in [0.717, 1.165) is 32.5 Å². The number of imidazole rings is 1. The van der Waals surface area contributed by atoms with Crippen LogP contribution in [-0.2, 0) is 11.8 Å². The number of hydrazone groups is 1. The van der Waals surface area contributed by atoms with E-state index in [1.54, 1.807) is 6.21 Å². The van der Waals surface area contributed by atoms with Crippen LogP contribution in [0.4, 0.5) is 0 Å². The number of carbonyl (C=O) groups excluding carboxylic acids is 1. The first kappa shape index (κ1) is 17.3. The first-order chi connectivity index (χ1) is 13.2. The second-order valence-corrected chi connectivity index (χ2v) is 7.03. The second kappa shape index (κ2) is 7.63. The minimum Gasteiger partial charge on any atom is -0.322 e. The van der Waals surface area contributed by atoms with Crippen LogP contribution < -0.4 is 5.43 Å². The highest BCUT2D eigenvalue weighted by Crippen LogP contribution is 2.22. The number of para-hydroxylation sites is 2. The Labute approximate surface area is 161 Å². The van der Waals surface area contributed by atoms with Crippen LogP contribution in [0.25, 0.3) is 21.8 Å². The average molecular weight is 374 g/mol. The van der Waals surface area contributed by atoms with Gasteiger partial charge in [-0.05, 0) is 22.9 Å². The topological polar surface area (TPSA) is 59.3 Å². The molecule has 5 nitrogen and oxygen atoms in total. The number of amides is 1. The minimum atomic E-state index is -0.163. The van der Waals surface area contributed by atoms with Crippen molar-refractivity contribution < 1.29 is 4.79 Å². The summed E-state index contributed by atoms with van der Waals surface area (Å²) < 4.78 is 1.99. The van der Waals surface area contributed by atoms with Gasteiger partial charge in [0.25, 0.3) is 5.91 Å². The highest BCUT2D eigenvalue weighted by molar-refractivity contribution is 7.99. The van der Waals surface area contributed by atoms with Crippen LogP contribution >= 0.6 is 11.8 Å². The van der Waals surface area contributed by atoms with Crippen LogP contribution in [0.1, 0.15) is 5.56 Å². The lowest BCUT2D eigenvalue weighted by molar-refractivity contribution is -0.118. The van der Waals surface area contributed by atoms with E-state index < -0.39 is 0 Å². The molecule has 0 atom stereocenters. The van der Waals surface area contributed by atoms with Crippen molar-refractivity contribution in [1.82, 2.24) is 15.0 Å². The molecule has 1 aromatic heterocycles. The molecule has 0 fully saturated rings. The molecule has 3 aromatic carbocycles. The van der Waals surface area contributed by atoms with Gasteiger partial charge in [0, 0.05) is 12.6 Å². The molecule has 27 heavy (non-hydrogen) atoms. The molecule has 6 heteroatoms. The Morgan fingerprint density at radius 1 is 1.11 bits per heavy atom. The molecule has 0 aliphatic heterocycles. The molecule has 0 saturated carbocycles. The molecule has 0 radical (unpaired) electrons. The van der Waals surface area contributed by atoms with Gasteiger partial charge >= 0.3 is 0 Å². The molecule has 0 aliphatic carbocycles. The van der Waals surface area contributed by atoms with E-state index in [0.29, 0.717) is 0 Å². The van der Waals surface area contributed by atoms with Gasteiger partial charge in [-0.1, -0.05) is 66.4 Å². The summed E-state index contributed by atoms with van der Waals surface area (Å²) in [6.07, 6.45) is 1.68. The largest absolute Gasteiger partial charge is 0.322 e. The van der Waals surface area contributed by atoms with Gasteiger partial charge in [-0.15, -0.1) is 0 Å². The molecule has 0 unspecified atom stereocenters. The number of hydrogen-bond donors (Lipinski definition) is 1. The molecule has 1 heterocycles. The second-order valence-electron chi connectivity index (χ2n) is 6.09. The maximum atomic E-state index is 12.1. The first-order valence-corrected chi connectivity index (χ1v) is 9.55. The van der Waals surface area contributed by atoms with Gasteiger partial charge < -0.3 is 4.57 Å². The van der Waals surface area contributed by atoms with E-state index in [4.69, 9.17) is 0 Å². The zero-order chi connectivity index (χ0) is 18.6. The summed E-state index contributed by atoms with van der Waals surface area (Å²) in [7, 11) is 1.95. The Kier molecular flexibility index (Phi) is 4.89. The van der Waals surface area contributed by atoms with Crippen LogP contribution in [-0.4, -0.2) is 27.4 Å². The van der Waals surface area contributed by atoms with Crippen molar-refractivity contribution in [3.05, 3.63) is 72.3 Å². The number of hydrogen-bond acceptors (Lipinski definition) is 4. The number of benzene rings is 3. The Balaban J connectivity index is 1.39. The fourth-order valence-corrected chi connectivity index (χ4v) is 3.73. The maximum absolute atomic E-state index is 12.1. The third kappa shape index (κ3) is 3.71. The summed E-state index contributed by atoms with van der Waals surface area (Å²) in [5.41, 5.74) is 5.54. The number of aromatic nitrogens is 2. The van der Waals surface area contributed by atoms with Crippen molar-refractivity contribution in [2.24, 2.45) is 12.1 Å². The van der Waals surface area contributed by atoms with Crippen molar-refractivity contribution in [3.8, 4) is 0 Å². The van der Waals surface area contributed by atoms with E-state index in [1.807, 2.05) is 66.2 Å². The lowest BCUT2D eigenvalue weighted by Gasteiger charge is -2.03. The number of fused-ring (bicyclic) bond motifs is 2. The summed E-state index contributed by atoms with van der Waals surface area (Å²) in [5.74, 6) is 0.0906. The van der Waals surface area contributed by atoms with E-state index in [-0.39, 0.29) is 11.7 Å². The van der Waals surface area contributed by atoms with Gasteiger partial charge in [0.2, 0.25) is 0 Å². The number of nitrogens with one attached hydrogen (secondary N) is 1. The van der Waals surface area contributed by atoms with Crippen molar-refractivity contribution in [1.29, 1.82) is 0 Å². The van der Waals surface area contributed by atoms with Crippen molar-refractivity contribution >= 4 is 45.7 Å². The molecule has 4 rings (SSSR count). The normalized spacial score (nSPS) is 11.4. The molecule has 4 aromatic rings. The molecule has 0 saturated heterocycles. The van der Waals surface area contributed by atoms with Crippen molar-refractivity contribution in [3.63, 3.8) is 0 Å². The quantitative estimate of drug-likeness (QED) is 0.327. The minimum absolute atomic E-state index is 0.163. The van der Waals surface area contributed by atoms with E-state index in [1.165, 1.54) is 11.8 Å². The summed E-state index contributed by atoms with van der Waals surface area (Å²) in [5, 5.41) is 7.16. The van der Waals surface area contributed by atoms with Gasteiger partial charge in [0.1, 0.15) is 0 Å². The summed E-state index contributed by atoms with van der Waals surface area (Å²) >= 11 is 1.40. The summed E-state index contributed by atoms with van der Waals surface area (Å²) in [6, 6.07) is 22.0. The fraction of sp³-hybridized carbons (Fsp3) is 0.0952. The number of aryl methyl sites for hydroxylation is 1. The zero-order valence-corrected chi connectivity index (χ0v) is 15.6. The predicted octanol–water partition coefficient (Wildman–Crippen LogP) is 3.97. The fourth-order valence-electron chi connectivity index (χ4n) is 2.95. The van der Waals surface area contributed by atoms with E-state index in [9.17, 15) is 4.79 Å². The monoisotopic (exact) mass is 374 g/mol. The number of nitrogens with zero attached hydrogens (tertiary/aromatic N) is 3. The maximum Gasteiger partial charge on any atom is 0.250 e. The number of carbonyl (C=O) groups is 1. The highest BCUT2D eigenvalue weighted by atomic mass is 32.2. The van der Waals surface area contributed by atoms with E-state index >= 15 is 0 Å². The highest BCUT2D eigenvalue weighted by Gasteiger charge is 2.09. The van der Waals surface area contributed by atoms with Gasteiger partial charge in [0.15, 0.2) is 5.16 Å². The van der Waals surface area contributed by atoms with Gasteiger partial charge in [-0.2, -0.15) is 5.10 Å². The van der Waals surface area contributed by atoms with Crippen molar-refractivity contribution in [2.45, 2.75) is 5.16 Å². The molecule has 0 spiro atoms. The lowest BCUT2D eigenvalue weighted by atomic mass is 10.1. The van der Waals surface area contributed by atoms with Crippen LogP contribution in [0.15, 0.2) is 77.0 Å². The van der Waals surface area contributed by atoms with Crippen LogP contribution in [0.3, 0.4) is 0 Å². The number of thioether (sulfide) groups is 1. The van der Waals surface area contributed by atoms with Gasteiger partial charge in [0.05, 0.1) is 23.0 Å². The number of rotatable bonds is 5. The third-order valence-corrected chi connectivity index (χ3v) is 5.32. The van der Waals surface area contributed by atoms with Gasteiger partial charge in [-0.3, -0.25) is 4.79 Å². The molecule has 0 aliphatic rings. The standard InChI is InChI=1S/C21H18N4OS/c1-25-19-12-5-4-11-18(19)23-21(25)27-14-20(26)24-22-13-16-9-6-8-15-7-2-3-10-17(15)16/h2-13H,14H2,1H3,(H,24,26)/b22-13-. The summed E-state index contributed by atoms with van der Waals surface area (Å²) in [6.45, 7) is 0. The average Bonchev–Trinajstić information content (AvgIpc) is 3.03. The Morgan fingerprint density at radius 2 is 1.89 bits per heavy atom. The molecule has 1 amide bonds. The predicted molar refractivity (Wildman–Crippen MR) is 111 cm³/mol. The van der Waals surface area contributed by atoms with Gasteiger partial charge in [-0.25, -0.2) is 10.4 Å². The van der Waals surface area contributed by atoms with Crippen molar-refractivity contribution in [2.75, 3.05) is 5.75 Å². The molecule has 0 bridgehead atoms. The zero-order valence-electron chi connectivity index (χ0n) is 14.8. The first-order valence-electron chi connectivity index (χ1n) is 8.56. The smallest absolute Gasteiger partial charge is 0.250 e. The molecule has 134 valence electrons. The lowest BCUT2D eigenvalue weighted by Crippen LogP contribution is -2.19. The van der Waals surface area contributed by atoms with E-state index in [2.05, 4.69) is 27.6 Å². The molecular formula is C21H18N4OS. The Hall–Kier alpha value is -3.12. The van der Waals surface area contributed by atoms with Crippen LogP contribution in [0, 0.1) is 0 Å². The Bertz CT molecular complexity index is 1140. The molecule has 1 N–H and O–H groups in total. The molecular weight excluding hydrogens is 356 g/mol.